The minimum absolute atomic E-state index is 0.110. The molecule has 0 unspecified atom stereocenters. The lowest BCUT2D eigenvalue weighted by molar-refractivity contribution is -0.143. The Balaban J connectivity index is 1.52. The molecule has 1 N–H and O–H groups in total. The molecule has 0 heterocycles. The Morgan fingerprint density at radius 3 is 2.04 bits per heavy atom. The SMILES string of the molecule is C=CC(=O)OCCCCOC1CCC(C2CCC(C(=O)O)CC2)CC1. The Kier molecular flexibility index (Phi) is 8.45. The van der Waals surface area contributed by atoms with Crippen LogP contribution >= 0.6 is 0 Å². The van der Waals surface area contributed by atoms with Crippen LogP contribution in [0, 0.1) is 17.8 Å². The quantitative estimate of drug-likeness (QED) is 0.386. The summed E-state index contributed by atoms with van der Waals surface area (Å²) in [6.45, 7) is 4.52. The standard InChI is InChI=1S/C20H32O5/c1-2-19(21)25-14-4-3-13-24-18-11-9-16(10-12-18)15-5-7-17(8-6-15)20(22)23/h2,15-18H,1,3-14H2,(H,22,23). The molecule has 2 aliphatic carbocycles. The smallest absolute Gasteiger partial charge is 0.330 e. The topological polar surface area (TPSA) is 72.8 Å². The number of ether oxygens (including phenoxy) is 2. The highest BCUT2D eigenvalue weighted by molar-refractivity contribution is 5.81. The van der Waals surface area contributed by atoms with Gasteiger partial charge in [-0.3, -0.25) is 4.79 Å². The van der Waals surface area contributed by atoms with Gasteiger partial charge >= 0.3 is 11.9 Å². The van der Waals surface area contributed by atoms with Crippen LogP contribution < -0.4 is 0 Å². The fourth-order valence-electron chi connectivity index (χ4n) is 4.25. The number of carboxylic acids is 1. The van der Waals surface area contributed by atoms with E-state index in [1.165, 1.54) is 18.9 Å². The van der Waals surface area contributed by atoms with Crippen molar-refractivity contribution in [1.29, 1.82) is 0 Å². The van der Waals surface area contributed by atoms with Crippen molar-refractivity contribution in [3.8, 4) is 0 Å². The molecule has 0 aromatic rings. The molecule has 2 saturated carbocycles. The lowest BCUT2D eigenvalue weighted by Crippen LogP contribution is -2.30. The fourth-order valence-corrected chi connectivity index (χ4v) is 4.25. The highest BCUT2D eigenvalue weighted by atomic mass is 16.5. The zero-order valence-electron chi connectivity index (χ0n) is 15.2. The maximum absolute atomic E-state index is 11.0. The predicted molar refractivity (Wildman–Crippen MR) is 95.2 cm³/mol. The van der Waals surface area contributed by atoms with Gasteiger partial charge in [-0.2, -0.15) is 0 Å². The summed E-state index contributed by atoms with van der Waals surface area (Å²) in [5.74, 6) is 0.386. The summed E-state index contributed by atoms with van der Waals surface area (Å²) in [4.78, 5) is 22.0. The predicted octanol–water partition coefficient (Wildman–Crippen LogP) is 3.96. The first kappa shape index (κ1) is 20.0. The Bertz CT molecular complexity index is 431. The highest BCUT2D eigenvalue weighted by Crippen LogP contribution is 2.40. The van der Waals surface area contributed by atoms with Crippen molar-refractivity contribution in [3.63, 3.8) is 0 Å². The van der Waals surface area contributed by atoms with Crippen molar-refractivity contribution < 1.29 is 24.2 Å². The number of unbranched alkanes of at least 4 members (excludes halogenated alkanes) is 1. The van der Waals surface area contributed by atoms with E-state index in [0.29, 0.717) is 12.7 Å². The summed E-state index contributed by atoms with van der Waals surface area (Å²) in [6.07, 6.45) is 11.8. The van der Waals surface area contributed by atoms with Crippen LogP contribution in [-0.2, 0) is 19.1 Å². The molecular formula is C20H32O5. The van der Waals surface area contributed by atoms with E-state index in [9.17, 15) is 9.59 Å². The molecule has 0 bridgehead atoms. The summed E-state index contributed by atoms with van der Waals surface area (Å²) >= 11 is 0. The molecule has 25 heavy (non-hydrogen) atoms. The van der Waals surface area contributed by atoms with Gasteiger partial charge in [-0.25, -0.2) is 4.79 Å². The first-order valence-electron chi connectivity index (χ1n) is 9.73. The number of hydrogen-bond acceptors (Lipinski definition) is 4. The number of carbonyl (C=O) groups is 2. The largest absolute Gasteiger partial charge is 0.481 e. The van der Waals surface area contributed by atoms with Crippen LogP contribution in [-0.4, -0.2) is 36.4 Å². The first-order chi connectivity index (χ1) is 12.1. The van der Waals surface area contributed by atoms with Gasteiger partial charge in [0, 0.05) is 12.7 Å². The van der Waals surface area contributed by atoms with E-state index in [-0.39, 0.29) is 11.9 Å². The lowest BCUT2D eigenvalue weighted by atomic mass is 9.70. The lowest BCUT2D eigenvalue weighted by Gasteiger charge is -2.37. The number of aliphatic carboxylic acids is 1. The molecule has 0 aromatic carbocycles. The first-order valence-corrected chi connectivity index (χ1v) is 9.73. The molecule has 0 atom stereocenters. The number of hydrogen-bond donors (Lipinski definition) is 1. The van der Waals surface area contributed by atoms with Crippen LogP contribution in [0.15, 0.2) is 12.7 Å². The minimum Gasteiger partial charge on any atom is -0.481 e. The Morgan fingerprint density at radius 1 is 0.920 bits per heavy atom. The fraction of sp³-hybridized carbons (Fsp3) is 0.800. The van der Waals surface area contributed by atoms with Gasteiger partial charge in [-0.15, -0.1) is 0 Å². The van der Waals surface area contributed by atoms with Gasteiger partial charge in [0.1, 0.15) is 0 Å². The molecule has 0 spiro atoms. The molecule has 0 amide bonds. The maximum atomic E-state index is 11.0. The highest BCUT2D eigenvalue weighted by Gasteiger charge is 2.32. The van der Waals surface area contributed by atoms with Crippen molar-refractivity contribution in [2.45, 2.75) is 70.3 Å². The van der Waals surface area contributed by atoms with Crippen LogP contribution in [0.4, 0.5) is 0 Å². The van der Waals surface area contributed by atoms with E-state index in [1.807, 2.05) is 0 Å². The van der Waals surface area contributed by atoms with Gasteiger partial charge in [0.05, 0.1) is 18.6 Å². The summed E-state index contributed by atoms with van der Waals surface area (Å²) in [7, 11) is 0. The number of esters is 1. The zero-order chi connectivity index (χ0) is 18.1. The average Bonchev–Trinajstić information content (AvgIpc) is 2.65. The number of carboxylic acid groups (broad SMARTS) is 1. The molecule has 0 aromatic heterocycles. The minimum atomic E-state index is -0.616. The van der Waals surface area contributed by atoms with Gasteiger partial charge < -0.3 is 14.6 Å². The van der Waals surface area contributed by atoms with Gasteiger partial charge in [0.25, 0.3) is 0 Å². The molecule has 0 radical (unpaired) electrons. The zero-order valence-corrected chi connectivity index (χ0v) is 15.2. The van der Waals surface area contributed by atoms with Crippen LogP contribution in [0.3, 0.4) is 0 Å². The molecule has 0 saturated heterocycles. The summed E-state index contributed by atoms with van der Waals surface area (Å²) in [6, 6.07) is 0. The third-order valence-electron chi connectivity index (χ3n) is 5.81. The van der Waals surface area contributed by atoms with Crippen LogP contribution in [0.5, 0.6) is 0 Å². The summed E-state index contributed by atoms with van der Waals surface area (Å²) < 4.78 is 10.9. The third-order valence-corrected chi connectivity index (χ3v) is 5.81. The second-order valence-corrected chi connectivity index (χ2v) is 7.44. The molecule has 2 rings (SSSR count). The normalized spacial score (nSPS) is 29.8. The van der Waals surface area contributed by atoms with E-state index in [4.69, 9.17) is 14.6 Å². The monoisotopic (exact) mass is 352 g/mol. The molecule has 142 valence electrons. The molecule has 0 aliphatic heterocycles. The van der Waals surface area contributed by atoms with Crippen LogP contribution in [0.25, 0.3) is 0 Å². The van der Waals surface area contributed by atoms with Gasteiger partial charge in [-0.1, -0.05) is 6.58 Å². The molecule has 5 heteroatoms. The molecule has 2 aliphatic rings. The van der Waals surface area contributed by atoms with E-state index in [0.717, 1.165) is 69.8 Å². The van der Waals surface area contributed by atoms with E-state index in [1.54, 1.807) is 0 Å². The molecule has 2 fully saturated rings. The van der Waals surface area contributed by atoms with E-state index >= 15 is 0 Å². The van der Waals surface area contributed by atoms with Crippen molar-refractivity contribution in [3.05, 3.63) is 12.7 Å². The Morgan fingerprint density at radius 2 is 1.48 bits per heavy atom. The Hall–Kier alpha value is -1.36. The Labute approximate surface area is 150 Å². The van der Waals surface area contributed by atoms with Crippen molar-refractivity contribution in [2.75, 3.05) is 13.2 Å². The number of rotatable bonds is 9. The van der Waals surface area contributed by atoms with Crippen molar-refractivity contribution in [1.82, 2.24) is 0 Å². The maximum Gasteiger partial charge on any atom is 0.330 e. The third kappa shape index (κ3) is 6.81. The molecular weight excluding hydrogens is 320 g/mol. The van der Waals surface area contributed by atoms with Crippen molar-refractivity contribution >= 4 is 11.9 Å². The molecule has 5 nitrogen and oxygen atoms in total. The summed E-state index contributed by atoms with van der Waals surface area (Å²) in [5.41, 5.74) is 0. The van der Waals surface area contributed by atoms with Crippen LogP contribution in [0.1, 0.15) is 64.2 Å². The van der Waals surface area contributed by atoms with Crippen molar-refractivity contribution in [2.24, 2.45) is 17.8 Å². The number of carbonyl (C=O) groups excluding carboxylic acids is 1. The average molecular weight is 352 g/mol. The van der Waals surface area contributed by atoms with Crippen LogP contribution in [0.2, 0.25) is 0 Å². The second-order valence-electron chi connectivity index (χ2n) is 7.44. The van der Waals surface area contributed by atoms with E-state index < -0.39 is 5.97 Å². The van der Waals surface area contributed by atoms with Gasteiger partial charge in [0.15, 0.2) is 0 Å². The van der Waals surface area contributed by atoms with Gasteiger partial charge in [-0.05, 0) is 76.0 Å². The summed E-state index contributed by atoms with van der Waals surface area (Å²) in [5, 5.41) is 9.10. The van der Waals surface area contributed by atoms with Gasteiger partial charge in [0.2, 0.25) is 0 Å². The van der Waals surface area contributed by atoms with E-state index in [2.05, 4.69) is 6.58 Å². The second kappa shape index (κ2) is 10.6.